The first-order chi connectivity index (χ1) is 10.7. The van der Waals surface area contributed by atoms with Gasteiger partial charge in [0.05, 0.1) is 6.04 Å². The molecule has 0 amide bonds. The fraction of sp³-hybridized carbons (Fsp3) is 0.333. The van der Waals surface area contributed by atoms with Crippen molar-refractivity contribution in [2.45, 2.75) is 25.4 Å². The van der Waals surface area contributed by atoms with E-state index in [-0.39, 0.29) is 17.8 Å². The molecule has 3 nitrogen and oxygen atoms in total. The van der Waals surface area contributed by atoms with Crippen molar-refractivity contribution in [2.24, 2.45) is 0 Å². The predicted molar refractivity (Wildman–Crippen MR) is 84.3 cm³/mol. The van der Waals surface area contributed by atoms with Crippen LogP contribution in [0.3, 0.4) is 0 Å². The summed E-state index contributed by atoms with van der Waals surface area (Å²) in [5.41, 5.74) is 5.31. The number of nitrogens with one attached hydrogen (secondary N) is 1. The van der Waals surface area contributed by atoms with Crippen LogP contribution in [-0.2, 0) is 6.54 Å². The van der Waals surface area contributed by atoms with E-state index in [4.69, 9.17) is 0 Å². The fourth-order valence-corrected chi connectivity index (χ4v) is 3.25. The number of nitrogens with zero attached hydrogens (tertiary/aromatic N) is 1. The van der Waals surface area contributed by atoms with Crippen LogP contribution in [0, 0.1) is 12.7 Å². The lowest BCUT2D eigenvalue weighted by atomic mass is 9.93. The molecule has 1 fully saturated rings. The van der Waals surface area contributed by atoms with Gasteiger partial charge in [0.2, 0.25) is 0 Å². The summed E-state index contributed by atoms with van der Waals surface area (Å²) in [7, 11) is 0. The molecule has 2 N–H and O–H groups in total. The first kappa shape index (κ1) is 15.2. The fourth-order valence-electron chi connectivity index (χ4n) is 3.25. The van der Waals surface area contributed by atoms with Gasteiger partial charge in [-0.3, -0.25) is 4.90 Å². The van der Waals surface area contributed by atoms with Gasteiger partial charge in [0.15, 0.2) is 0 Å². The minimum atomic E-state index is -0.197. The quantitative estimate of drug-likeness (QED) is 0.852. The van der Waals surface area contributed by atoms with Crippen LogP contribution in [0.5, 0.6) is 0 Å². The van der Waals surface area contributed by atoms with E-state index in [1.54, 1.807) is 6.07 Å². The molecule has 0 unspecified atom stereocenters. The zero-order valence-electron chi connectivity index (χ0n) is 12.7. The summed E-state index contributed by atoms with van der Waals surface area (Å²) in [5, 5.41) is 9.44. The number of aryl methyl sites for hydroxylation is 1. The summed E-state index contributed by atoms with van der Waals surface area (Å²) in [6, 6.07) is 15.2. The lowest BCUT2D eigenvalue weighted by Gasteiger charge is -2.18. The van der Waals surface area contributed by atoms with Crippen LogP contribution < -0.4 is 5.48 Å². The van der Waals surface area contributed by atoms with E-state index in [1.807, 2.05) is 31.2 Å². The van der Waals surface area contributed by atoms with Crippen LogP contribution >= 0.6 is 0 Å². The Kier molecular flexibility index (Phi) is 4.52. The molecule has 2 atom stereocenters. The van der Waals surface area contributed by atoms with E-state index in [2.05, 4.69) is 22.5 Å². The molecule has 1 aliphatic rings. The minimum Gasteiger partial charge on any atom is -0.316 e. The molecular formula is C18H21FN2O. The molecule has 3 rings (SSSR count). The van der Waals surface area contributed by atoms with Crippen molar-refractivity contribution in [3.63, 3.8) is 0 Å². The largest absolute Gasteiger partial charge is 0.316 e. The third-order valence-electron chi connectivity index (χ3n) is 4.36. The second kappa shape index (κ2) is 6.57. The first-order valence-electron chi connectivity index (χ1n) is 7.59. The summed E-state index contributed by atoms with van der Waals surface area (Å²) >= 11 is 0. The van der Waals surface area contributed by atoms with Crippen LogP contribution in [0.25, 0.3) is 0 Å². The summed E-state index contributed by atoms with van der Waals surface area (Å²) in [4.78, 5) is 2.25. The van der Waals surface area contributed by atoms with Crippen LogP contribution in [0.1, 0.15) is 22.6 Å². The Bertz CT molecular complexity index is 632. The molecule has 2 aromatic rings. The Balaban J connectivity index is 1.79. The van der Waals surface area contributed by atoms with Gasteiger partial charge >= 0.3 is 0 Å². The number of halogens is 1. The van der Waals surface area contributed by atoms with E-state index in [0.717, 1.165) is 18.7 Å². The van der Waals surface area contributed by atoms with E-state index < -0.39 is 0 Å². The molecule has 4 heteroatoms. The second-order valence-electron chi connectivity index (χ2n) is 6.05. The Hall–Kier alpha value is -1.75. The molecule has 116 valence electrons. The summed E-state index contributed by atoms with van der Waals surface area (Å²) in [6.45, 7) is 4.20. The lowest BCUT2D eigenvalue weighted by molar-refractivity contribution is 0.121. The van der Waals surface area contributed by atoms with E-state index in [9.17, 15) is 9.60 Å². The van der Waals surface area contributed by atoms with E-state index in [0.29, 0.717) is 12.1 Å². The Morgan fingerprint density at radius 2 is 1.95 bits per heavy atom. The van der Waals surface area contributed by atoms with Crippen LogP contribution in [0.2, 0.25) is 0 Å². The highest BCUT2D eigenvalue weighted by molar-refractivity contribution is 5.30. The number of rotatable bonds is 4. The highest BCUT2D eigenvalue weighted by Crippen LogP contribution is 2.30. The highest BCUT2D eigenvalue weighted by Gasteiger charge is 2.35. The zero-order chi connectivity index (χ0) is 15.5. The third kappa shape index (κ3) is 3.19. The van der Waals surface area contributed by atoms with Crippen LogP contribution in [-0.4, -0.2) is 29.2 Å². The van der Waals surface area contributed by atoms with Gasteiger partial charge in [0.25, 0.3) is 0 Å². The molecule has 1 aliphatic heterocycles. The van der Waals surface area contributed by atoms with Gasteiger partial charge in [-0.15, -0.1) is 0 Å². The Morgan fingerprint density at radius 1 is 1.18 bits per heavy atom. The van der Waals surface area contributed by atoms with Crippen LogP contribution in [0.4, 0.5) is 4.39 Å². The first-order valence-corrected chi connectivity index (χ1v) is 7.59. The van der Waals surface area contributed by atoms with E-state index in [1.165, 1.54) is 11.6 Å². The molecule has 1 saturated heterocycles. The lowest BCUT2D eigenvalue weighted by Crippen LogP contribution is -2.33. The third-order valence-corrected chi connectivity index (χ3v) is 4.36. The summed E-state index contributed by atoms with van der Waals surface area (Å²) in [5.74, 6) is -0.244. The SMILES string of the molecule is Cc1ccc(F)c([C@H]2CN(Cc3ccccc3)C[C@@H]2NO)c1. The van der Waals surface area contributed by atoms with Gasteiger partial charge in [-0.2, -0.15) is 0 Å². The van der Waals surface area contributed by atoms with Crippen molar-refractivity contribution in [3.05, 3.63) is 71.0 Å². The number of hydrogen-bond donors (Lipinski definition) is 2. The normalized spacial score (nSPS) is 22.1. The van der Waals surface area contributed by atoms with Gasteiger partial charge in [-0.25, -0.2) is 9.87 Å². The van der Waals surface area contributed by atoms with Gasteiger partial charge < -0.3 is 5.21 Å². The van der Waals surface area contributed by atoms with E-state index >= 15 is 0 Å². The Morgan fingerprint density at radius 3 is 2.68 bits per heavy atom. The molecule has 0 aliphatic carbocycles. The molecule has 0 radical (unpaired) electrons. The molecule has 1 heterocycles. The van der Waals surface area contributed by atoms with Crippen molar-refractivity contribution < 1.29 is 9.60 Å². The predicted octanol–water partition coefficient (Wildman–Crippen LogP) is 3.08. The molecule has 0 saturated carbocycles. The molecule has 0 aromatic heterocycles. The van der Waals surface area contributed by atoms with Crippen molar-refractivity contribution in [2.75, 3.05) is 13.1 Å². The average molecular weight is 300 g/mol. The monoisotopic (exact) mass is 300 g/mol. The minimum absolute atomic E-state index is 0.0476. The molecular weight excluding hydrogens is 279 g/mol. The average Bonchev–Trinajstić information content (AvgIpc) is 2.93. The number of likely N-dealkylation sites (tertiary alicyclic amines) is 1. The topological polar surface area (TPSA) is 35.5 Å². The molecule has 0 spiro atoms. The number of hydroxylamine groups is 1. The summed E-state index contributed by atoms with van der Waals surface area (Å²) < 4.78 is 14.2. The van der Waals surface area contributed by atoms with Gasteiger partial charge in [-0.1, -0.05) is 48.0 Å². The van der Waals surface area contributed by atoms with Gasteiger partial charge in [0.1, 0.15) is 5.82 Å². The second-order valence-corrected chi connectivity index (χ2v) is 6.05. The number of benzene rings is 2. The van der Waals surface area contributed by atoms with Crippen molar-refractivity contribution in [1.29, 1.82) is 0 Å². The summed E-state index contributed by atoms with van der Waals surface area (Å²) in [6.07, 6.45) is 0. The molecule has 0 bridgehead atoms. The highest BCUT2D eigenvalue weighted by atomic mass is 19.1. The maximum absolute atomic E-state index is 14.2. The smallest absolute Gasteiger partial charge is 0.126 e. The molecule has 2 aromatic carbocycles. The molecule has 22 heavy (non-hydrogen) atoms. The van der Waals surface area contributed by atoms with Crippen molar-refractivity contribution in [3.8, 4) is 0 Å². The van der Waals surface area contributed by atoms with Crippen LogP contribution in [0.15, 0.2) is 48.5 Å². The van der Waals surface area contributed by atoms with Gasteiger partial charge in [-0.05, 0) is 24.1 Å². The standard InChI is InChI=1S/C18H21FN2O/c1-13-7-8-17(19)15(9-13)16-11-21(12-18(16)20-22)10-14-5-3-2-4-6-14/h2-9,16,18,20,22H,10-12H2,1H3/t16-,18+/m1/s1. The Labute approximate surface area is 130 Å². The van der Waals surface area contributed by atoms with Crippen molar-refractivity contribution in [1.82, 2.24) is 10.4 Å². The maximum Gasteiger partial charge on any atom is 0.126 e. The van der Waals surface area contributed by atoms with Crippen molar-refractivity contribution >= 4 is 0 Å². The zero-order valence-corrected chi connectivity index (χ0v) is 12.7. The number of hydrogen-bond acceptors (Lipinski definition) is 3. The van der Waals surface area contributed by atoms with Gasteiger partial charge in [0, 0.05) is 25.6 Å². The maximum atomic E-state index is 14.2.